The van der Waals surface area contributed by atoms with E-state index in [4.69, 9.17) is 0 Å². The highest BCUT2D eigenvalue weighted by atomic mass is 16.2. The number of quaternary nitrogens is 1. The molecule has 1 atom stereocenters. The molecule has 0 aliphatic carbocycles. The lowest BCUT2D eigenvalue weighted by Gasteiger charge is -2.36. The number of hydrogen-bond acceptors (Lipinski definition) is 2. The van der Waals surface area contributed by atoms with E-state index in [2.05, 4.69) is 42.3 Å². The van der Waals surface area contributed by atoms with Crippen LogP contribution in [0.2, 0.25) is 0 Å². The van der Waals surface area contributed by atoms with Gasteiger partial charge in [-0.2, -0.15) is 0 Å². The zero-order valence-corrected chi connectivity index (χ0v) is 16.1. The third-order valence-corrected chi connectivity index (χ3v) is 5.64. The Balaban J connectivity index is 1.52. The van der Waals surface area contributed by atoms with Gasteiger partial charge in [-0.15, -0.1) is 0 Å². The van der Waals surface area contributed by atoms with Gasteiger partial charge in [0.1, 0.15) is 0 Å². The first-order valence-electron chi connectivity index (χ1n) is 9.53. The average molecular weight is 353 g/mol. The number of carbonyl (C=O) groups excluding carboxylic acids is 1. The zero-order chi connectivity index (χ0) is 18.5. The molecule has 138 valence electrons. The van der Waals surface area contributed by atoms with E-state index >= 15 is 0 Å². The Hall–Kier alpha value is -2.33. The minimum absolute atomic E-state index is 0.0144. The Morgan fingerprint density at radius 2 is 1.77 bits per heavy atom. The molecule has 1 aliphatic heterocycles. The largest absolute Gasteiger partial charge is 0.360 e. The molecule has 1 heterocycles. The highest BCUT2D eigenvalue weighted by Gasteiger charge is 2.29. The number of nitrogens with zero attached hydrogens (tertiary/aromatic N) is 1. The van der Waals surface area contributed by atoms with E-state index in [0.717, 1.165) is 31.7 Å². The summed E-state index contributed by atoms with van der Waals surface area (Å²) in [6, 6.07) is 16.6. The molecule has 0 aromatic heterocycles. The van der Waals surface area contributed by atoms with E-state index in [1.807, 2.05) is 37.3 Å². The van der Waals surface area contributed by atoms with Crippen LogP contribution in [0.3, 0.4) is 0 Å². The van der Waals surface area contributed by atoms with E-state index in [-0.39, 0.29) is 11.9 Å². The van der Waals surface area contributed by atoms with Crippen molar-refractivity contribution in [2.45, 2.75) is 33.4 Å². The van der Waals surface area contributed by atoms with Crippen LogP contribution in [0.25, 0.3) is 0 Å². The molecule has 26 heavy (non-hydrogen) atoms. The lowest BCUT2D eigenvalue weighted by molar-refractivity contribution is -0.914. The summed E-state index contributed by atoms with van der Waals surface area (Å²) in [6.45, 7) is 11.0. The topological polar surface area (TPSA) is 36.8 Å². The van der Waals surface area contributed by atoms with Gasteiger partial charge >= 0.3 is 0 Å². The number of nitrogens with one attached hydrogen (secondary N) is 2. The maximum atomic E-state index is 12.5. The number of benzene rings is 2. The van der Waals surface area contributed by atoms with Crippen molar-refractivity contribution in [3.63, 3.8) is 0 Å². The Bertz CT molecular complexity index is 736. The van der Waals surface area contributed by atoms with Crippen molar-refractivity contribution < 1.29 is 9.69 Å². The SMILES string of the molecule is Cc1cccc(N2CC[NH+]([C@H](C)C(=O)NCc3ccccc3)CC2)c1C. The summed E-state index contributed by atoms with van der Waals surface area (Å²) in [5.41, 5.74) is 5.18. The van der Waals surface area contributed by atoms with Crippen LogP contribution < -0.4 is 15.1 Å². The van der Waals surface area contributed by atoms with Crippen LogP contribution >= 0.6 is 0 Å². The molecule has 2 aromatic rings. The lowest BCUT2D eigenvalue weighted by Crippen LogP contribution is -3.19. The average Bonchev–Trinajstić information content (AvgIpc) is 2.68. The number of amides is 1. The number of aryl methyl sites for hydroxylation is 1. The van der Waals surface area contributed by atoms with E-state index < -0.39 is 0 Å². The quantitative estimate of drug-likeness (QED) is 0.860. The molecule has 1 fully saturated rings. The summed E-state index contributed by atoms with van der Waals surface area (Å²) in [4.78, 5) is 16.4. The first-order chi connectivity index (χ1) is 12.6. The van der Waals surface area contributed by atoms with Gasteiger partial charge in [-0.3, -0.25) is 4.79 Å². The van der Waals surface area contributed by atoms with Crippen molar-refractivity contribution in [2.75, 3.05) is 31.1 Å². The normalized spacial score (nSPS) is 16.3. The molecule has 0 bridgehead atoms. The summed E-state index contributed by atoms with van der Waals surface area (Å²) in [6.07, 6.45) is 0. The number of piperazine rings is 1. The van der Waals surface area contributed by atoms with E-state index in [9.17, 15) is 4.79 Å². The maximum Gasteiger partial charge on any atom is 0.278 e. The summed E-state index contributed by atoms with van der Waals surface area (Å²) in [5, 5.41) is 3.08. The predicted octanol–water partition coefficient (Wildman–Crippen LogP) is 1.71. The Kier molecular flexibility index (Phi) is 5.94. The molecular weight excluding hydrogens is 322 g/mol. The molecule has 0 saturated carbocycles. The Morgan fingerprint density at radius 3 is 2.46 bits per heavy atom. The van der Waals surface area contributed by atoms with Gasteiger partial charge in [0.15, 0.2) is 6.04 Å². The van der Waals surface area contributed by atoms with Gasteiger partial charge in [0, 0.05) is 12.2 Å². The summed E-state index contributed by atoms with van der Waals surface area (Å²) >= 11 is 0. The molecule has 1 saturated heterocycles. The second-order valence-electron chi connectivity index (χ2n) is 7.29. The van der Waals surface area contributed by atoms with Gasteiger partial charge in [-0.1, -0.05) is 42.5 Å². The molecule has 1 aliphatic rings. The fraction of sp³-hybridized carbons (Fsp3) is 0.409. The van der Waals surface area contributed by atoms with Gasteiger partial charge in [0.25, 0.3) is 5.91 Å². The van der Waals surface area contributed by atoms with Crippen molar-refractivity contribution in [3.8, 4) is 0 Å². The highest BCUT2D eigenvalue weighted by molar-refractivity contribution is 5.79. The molecule has 0 spiro atoms. The third-order valence-electron chi connectivity index (χ3n) is 5.64. The monoisotopic (exact) mass is 352 g/mol. The number of rotatable bonds is 5. The molecule has 4 nitrogen and oxygen atoms in total. The second kappa shape index (κ2) is 8.37. The molecule has 0 unspecified atom stereocenters. The van der Waals surface area contributed by atoms with Gasteiger partial charge in [0.2, 0.25) is 0 Å². The predicted molar refractivity (Wildman–Crippen MR) is 107 cm³/mol. The highest BCUT2D eigenvalue weighted by Crippen LogP contribution is 2.22. The summed E-state index contributed by atoms with van der Waals surface area (Å²) in [5.74, 6) is 0.143. The van der Waals surface area contributed by atoms with Crippen molar-refractivity contribution in [2.24, 2.45) is 0 Å². The molecular formula is C22H30N3O+. The minimum Gasteiger partial charge on any atom is -0.360 e. The van der Waals surface area contributed by atoms with Gasteiger partial charge in [-0.05, 0) is 43.5 Å². The van der Waals surface area contributed by atoms with Gasteiger partial charge < -0.3 is 15.1 Å². The number of hydrogen-bond donors (Lipinski definition) is 2. The summed E-state index contributed by atoms with van der Waals surface area (Å²) < 4.78 is 0. The molecule has 1 amide bonds. The Labute approximate surface area is 156 Å². The lowest BCUT2D eigenvalue weighted by atomic mass is 10.1. The second-order valence-corrected chi connectivity index (χ2v) is 7.29. The Morgan fingerprint density at radius 1 is 1.08 bits per heavy atom. The van der Waals surface area contributed by atoms with Crippen LogP contribution in [0.15, 0.2) is 48.5 Å². The molecule has 0 radical (unpaired) electrons. The van der Waals surface area contributed by atoms with Crippen LogP contribution in [0.1, 0.15) is 23.6 Å². The maximum absolute atomic E-state index is 12.5. The van der Waals surface area contributed by atoms with Crippen LogP contribution in [-0.2, 0) is 11.3 Å². The minimum atomic E-state index is -0.0144. The standard InChI is InChI=1S/C22H29N3O/c1-17-8-7-11-21(18(17)2)25-14-12-24(13-15-25)19(3)22(26)23-16-20-9-5-4-6-10-20/h4-11,19H,12-16H2,1-3H3,(H,23,26)/p+1/t19-/m1/s1. The first kappa shape index (κ1) is 18.5. The first-order valence-corrected chi connectivity index (χ1v) is 9.53. The molecule has 4 heteroatoms. The number of anilines is 1. The van der Waals surface area contributed by atoms with Crippen molar-refractivity contribution in [1.29, 1.82) is 0 Å². The summed E-state index contributed by atoms with van der Waals surface area (Å²) in [7, 11) is 0. The van der Waals surface area contributed by atoms with Crippen LogP contribution in [0, 0.1) is 13.8 Å². The van der Waals surface area contributed by atoms with Crippen molar-refractivity contribution >= 4 is 11.6 Å². The fourth-order valence-corrected chi connectivity index (χ4v) is 3.67. The van der Waals surface area contributed by atoms with Crippen LogP contribution in [-0.4, -0.2) is 38.1 Å². The van der Waals surface area contributed by atoms with Crippen LogP contribution in [0.4, 0.5) is 5.69 Å². The fourth-order valence-electron chi connectivity index (χ4n) is 3.67. The molecule has 2 N–H and O–H groups in total. The van der Waals surface area contributed by atoms with Crippen molar-refractivity contribution in [1.82, 2.24) is 5.32 Å². The smallest absolute Gasteiger partial charge is 0.278 e. The van der Waals surface area contributed by atoms with Gasteiger partial charge in [-0.25, -0.2) is 0 Å². The number of carbonyl (C=O) groups is 1. The van der Waals surface area contributed by atoms with E-state index in [0.29, 0.717) is 6.54 Å². The molecule has 3 rings (SSSR count). The van der Waals surface area contributed by atoms with E-state index in [1.165, 1.54) is 21.7 Å². The zero-order valence-electron chi connectivity index (χ0n) is 16.1. The molecule has 2 aromatic carbocycles. The third kappa shape index (κ3) is 4.25. The van der Waals surface area contributed by atoms with Gasteiger partial charge in [0.05, 0.1) is 26.2 Å². The van der Waals surface area contributed by atoms with E-state index in [1.54, 1.807) is 0 Å². The van der Waals surface area contributed by atoms with Crippen LogP contribution in [0.5, 0.6) is 0 Å². The van der Waals surface area contributed by atoms with Crippen molar-refractivity contribution in [3.05, 3.63) is 65.2 Å².